The number of nitrogens with zero attached hydrogens (tertiary/aromatic N) is 2. The maximum Gasteiger partial charge on any atom is 0.322 e. The summed E-state index contributed by atoms with van der Waals surface area (Å²) in [5, 5.41) is 3.09. The quantitative estimate of drug-likeness (QED) is 0.639. The highest BCUT2D eigenvalue weighted by Crippen LogP contribution is 2.33. The Morgan fingerprint density at radius 2 is 1.64 bits per heavy atom. The van der Waals surface area contributed by atoms with Crippen molar-refractivity contribution >= 4 is 11.7 Å². The van der Waals surface area contributed by atoms with Gasteiger partial charge in [0.2, 0.25) is 0 Å². The van der Waals surface area contributed by atoms with Crippen LogP contribution >= 0.6 is 0 Å². The lowest BCUT2D eigenvalue weighted by molar-refractivity contribution is 0.182. The zero-order chi connectivity index (χ0) is 19.7. The highest BCUT2D eigenvalue weighted by Gasteiger charge is 2.32. The average Bonchev–Trinajstić information content (AvgIpc) is 3.16. The standard InChI is InChI=1S/C24H27N3O/c1-24(2,3)19-11-13-20(14-12-19)25-23(28)27-17-16-26-15-7-10-21(26)22(27)18-8-5-4-6-9-18/h4-15,22H,16-17H2,1-3H3,(H,25,28)/t22-/m1/s1. The largest absolute Gasteiger partial charge is 0.348 e. The van der Waals surface area contributed by atoms with Crippen LogP contribution < -0.4 is 5.32 Å². The average molecular weight is 374 g/mol. The van der Waals surface area contributed by atoms with Crippen LogP contribution in [0.3, 0.4) is 0 Å². The maximum atomic E-state index is 13.2. The zero-order valence-electron chi connectivity index (χ0n) is 16.7. The molecule has 144 valence electrons. The third kappa shape index (κ3) is 3.55. The van der Waals surface area contributed by atoms with Gasteiger partial charge in [-0.1, -0.05) is 63.2 Å². The summed E-state index contributed by atoms with van der Waals surface area (Å²) in [5.41, 5.74) is 4.45. The fraction of sp³-hybridized carbons (Fsp3) is 0.292. The molecule has 0 fully saturated rings. The first-order valence-electron chi connectivity index (χ1n) is 9.81. The number of benzene rings is 2. The van der Waals surface area contributed by atoms with E-state index in [1.807, 2.05) is 35.2 Å². The zero-order valence-corrected chi connectivity index (χ0v) is 16.7. The van der Waals surface area contributed by atoms with Gasteiger partial charge in [-0.2, -0.15) is 0 Å². The number of anilines is 1. The molecule has 4 rings (SSSR count). The van der Waals surface area contributed by atoms with E-state index < -0.39 is 0 Å². The fourth-order valence-corrected chi connectivity index (χ4v) is 3.84. The molecule has 0 aliphatic carbocycles. The van der Waals surface area contributed by atoms with Crippen molar-refractivity contribution in [3.05, 3.63) is 89.7 Å². The lowest BCUT2D eigenvalue weighted by Gasteiger charge is -2.37. The van der Waals surface area contributed by atoms with Crippen molar-refractivity contribution in [2.24, 2.45) is 0 Å². The minimum Gasteiger partial charge on any atom is -0.348 e. The molecule has 1 atom stereocenters. The summed E-state index contributed by atoms with van der Waals surface area (Å²) < 4.78 is 2.24. The van der Waals surface area contributed by atoms with Crippen LogP contribution in [0.1, 0.15) is 43.6 Å². The summed E-state index contributed by atoms with van der Waals surface area (Å²) in [6.45, 7) is 8.05. The number of hydrogen-bond donors (Lipinski definition) is 1. The third-order valence-electron chi connectivity index (χ3n) is 5.42. The molecule has 0 radical (unpaired) electrons. The molecule has 1 N–H and O–H groups in total. The lowest BCUT2D eigenvalue weighted by Crippen LogP contribution is -2.44. The first-order valence-corrected chi connectivity index (χ1v) is 9.81. The number of amides is 2. The monoisotopic (exact) mass is 373 g/mol. The predicted octanol–water partition coefficient (Wildman–Crippen LogP) is 5.42. The summed E-state index contributed by atoms with van der Waals surface area (Å²) in [6, 6.07) is 22.4. The smallest absolute Gasteiger partial charge is 0.322 e. The molecule has 0 saturated carbocycles. The summed E-state index contributed by atoms with van der Waals surface area (Å²) in [5.74, 6) is 0. The normalized spacial score (nSPS) is 16.5. The molecule has 0 unspecified atom stereocenters. The molecule has 1 aromatic heterocycles. The SMILES string of the molecule is CC(C)(C)c1ccc(NC(=O)N2CCn3cccc3[C@H]2c2ccccc2)cc1. The van der Waals surface area contributed by atoms with E-state index in [1.165, 1.54) is 5.56 Å². The Balaban J connectivity index is 1.59. The van der Waals surface area contributed by atoms with E-state index in [-0.39, 0.29) is 17.5 Å². The van der Waals surface area contributed by atoms with Gasteiger partial charge < -0.3 is 14.8 Å². The van der Waals surface area contributed by atoms with Gasteiger partial charge in [-0.3, -0.25) is 0 Å². The van der Waals surface area contributed by atoms with Gasteiger partial charge in [-0.25, -0.2) is 4.79 Å². The van der Waals surface area contributed by atoms with Gasteiger partial charge in [0.1, 0.15) is 0 Å². The fourth-order valence-electron chi connectivity index (χ4n) is 3.84. The molecule has 0 spiro atoms. The van der Waals surface area contributed by atoms with Crippen molar-refractivity contribution in [2.75, 3.05) is 11.9 Å². The van der Waals surface area contributed by atoms with Crippen molar-refractivity contribution < 1.29 is 4.79 Å². The van der Waals surface area contributed by atoms with Crippen LogP contribution in [-0.4, -0.2) is 22.0 Å². The van der Waals surface area contributed by atoms with Crippen LogP contribution in [0, 0.1) is 0 Å². The molecular formula is C24H27N3O. The Kier molecular flexibility index (Phi) is 4.71. The minimum absolute atomic E-state index is 0.0650. The van der Waals surface area contributed by atoms with Gasteiger partial charge in [0.05, 0.1) is 6.04 Å². The van der Waals surface area contributed by atoms with Gasteiger partial charge in [0.25, 0.3) is 0 Å². The number of nitrogens with one attached hydrogen (secondary N) is 1. The second-order valence-electron chi connectivity index (χ2n) is 8.39. The summed E-state index contributed by atoms with van der Waals surface area (Å²) in [7, 11) is 0. The third-order valence-corrected chi connectivity index (χ3v) is 5.42. The number of fused-ring (bicyclic) bond motifs is 1. The summed E-state index contributed by atoms with van der Waals surface area (Å²) in [6.07, 6.45) is 2.09. The van der Waals surface area contributed by atoms with Crippen molar-refractivity contribution in [3.63, 3.8) is 0 Å². The molecule has 1 aliphatic rings. The van der Waals surface area contributed by atoms with E-state index in [4.69, 9.17) is 0 Å². The topological polar surface area (TPSA) is 37.3 Å². The Morgan fingerprint density at radius 1 is 0.929 bits per heavy atom. The number of carbonyl (C=O) groups is 1. The Bertz CT molecular complexity index is 952. The molecule has 0 saturated heterocycles. The molecule has 2 amide bonds. The molecule has 2 aromatic carbocycles. The molecule has 3 aromatic rings. The van der Waals surface area contributed by atoms with E-state index in [0.29, 0.717) is 6.54 Å². The van der Waals surface area contributed by atoms with Gasteiger partial charge in [0.15, 0.2) is 0 Å². The van der Waals surface area contributed by atoms with E-state index in [2.05, 4.69) is 73.3 Å². The van der Waals surface area contributed by atoms with Gasteiger partial charge >= 0.3 is 6.03 Å². The van der Waals surface area contributed by atoms with Crippen molar-refractivity contribution in [1.82, 2.24) is 9.47 Å². The minimum atomic E-state index is -0.0844. The highest BCUT2D eigenvalue weighted by molar-refractivity contribution is 5.90. The van der Waals surface area contributed by atoms with Crippen LogP contribution in [-0.2, 0) is 12.0 Å². The van der Waals surface area contributed by atoms with Crippen LogP contribution in [0.25, 0.3) is 0 Å². The van der Waals surface area contributed by atoms with Crippen LogP contribution in [0.2, 0.25) is 0 Å². The number of urea groups is 1. The van der Waals surface area contributed by atoms with Crippen LogP contribution in [0.15, 0.2) is 72.9 Å². The number of rotatable bonds is 2. The van der Waals surface area contributed by atoms with E-state index in [1.54, 1.807) is 0 Å². The second-order valence-corrected chi connectivity index (χ2v) is 8.39. The lowest BCUT2D eigenvalue weighted by atomic mass is 9.87. The summed E-state index contributed by atoms with van der Waals surface area (Å²) >= 11 is 0. The first-order chi connectivity index (χ1) is 13.4. The molecular weight excluding hydrogens is 346 g/mol. The van der Waals surface area contributed by atoms with E-state index in [0.717, 1.165) is 23.5 Å². The molecule has 1 aliphatic heterocycles. The van der Waals surface area contributed by atoms with Gasteiger partial charge in [-0.15, -0.1) is 0 Å². The van der Waals surface area contributed by atoms with Crippen molar-refractivity contribution in [1.29, 1.82) is 0 Å². The molecule has 0 bridgehead atoms. The van der Waals surface area contributed by atoms with Crippen LogP contribution in [0.4, 0.5) is 10.5 Å². The van der Waals surface area contributed by atoms with Gasteiger partial charge in [-0.05, 0) is 40.8 Å². The maximum absolute atomic E-state index is 13.2. The second kappa shape index (κ2) is 7.19. The van der Waals surface area contributed by atoms with E-state index in [9.17, 15) is 4.79 Å². The first kappa shape index (κ1) is 18.4. The number of carbonyl (C=O) groups excluding carboxylic acids is 1. The Labute approximate surface area is 166 Å². The van der Waals surface area contributed by atoms with Crippen LogP contribution in [0.5, 0.6) is 0 Å². The van der Waals surface area contributed by atoms with Crippen molar-refractivity contribution in [2.45, 2.75) is 38.8 Å². The van der Waals surface area contributed by atoms with Gasteiger partial charge in [0, 0.05) is 30.7 Å². The summed E-state index contributed by atoms with van der Waals surface area (Å²) in [4.78, 5) is 15.1. The molecule has 4 nitrogen and oxygen atoms in total. The number of hydrogen-bond acceptors (Lipinski definition) is 1. The highest BCUT2D eigenvalue weighted by atomic mass is 16.2. The molecule has 2 heterocycles. The Morgan fingerprint density at radius 3 is 2.32 bits per heavy atom. The van der Waals surface area contributed by atoms with E-state index >= 15 is 0 Å². The van der Waals surface area contributed by atoms with Crippen molar-refractivity contribution in [3.8, 4) is 0 Å². The predicted molar refractivity (Wildman–Crippen MR) is 114 cm³/mol. The Hall–Kier alpha value is -3.01. The number of aromatic nitrogens is 1. The molecule has 4 heteroatoms. The molecule has 28 heavy (non-hydrogen) atoms.